The standard InChI is InChI=1S/C22H15Cl2FN2O2/c23-15-3-1-2-14(10-15)22(29)27-12-20(28)26-19-9-6-16(24)11-18(19)21(27)13-4-7-17(25)8-5-13/h1-11,21H,12H2,(H,26,28)/t21-/m1/s1. The molecule has 1 aliphatic heterocycles. The monoisotopic (exact) mass is 428 g/mol. The van der Waals surface area contributed by atoms with Crippen molar-refractivity contribution >= 4 is 40.7 Å². The SMILES string of the molecule is O=C1CN(C(=O)c2cccc(Cl)c2)[C@H](c2ccc(F)cc2)c2cc(Cl)ccc2N1. The van der Waals surface area contributed by atoms with E-state index >= 15 is 0 Å². The zero-order chi connectivity index (χ0) is 20.5. The Labute approximate surface area is 176 Å². The van der Waals surface area contributed by atoms with Crippen LogP contribution in [0.3, 0.4) is 0 Å². The molecule has 0 aliphatic carbocycles. The van der Waals surface area contributed by atoms with E-state index in [1.165, 1.54) is 17.0 Å². The van der Waals surface area contributed by atoms with Crippen LogP contribution in [-0.2, 0) is 4.79 Å². The van der Waals surface area contributed by atoms with Crippen LogP contribution in [0.25, 0.3) is 0 Å². The van der Waals surface area contributed by atoms with Gasteiger partial charge in [0, 0.05) is 26.9 Å². The molecule has 0 saturated carbocycles. The number of hydrogen-bond acceptors (Lipinski definition) is 2. The first-order valence-electron chi connectivity index (χ1n) is 8.83. The third-order valence-electron chi connectivity index (χ3n) is 4.73. The van der Waals surface area contributed by atoms with Gasteiger partial charge < -0.3 is 10.2 Å². The second kappa shape index (κ2) is 7.85. The van der Waals surface area contributed by atoms with E-state index in [0.29, 0.717) is 32.4 Å². The summed E-state index contributed by atoms with van der Waals surface area (Å²) in [6, 6.07) is 16.8. The highest BCUT2D eigenvalue weighted by Gasteiger charge is 2.34. The lowest BCUT2D eigenvalue weighted by Crippen LogP contribution is -2.39. The molecule has 3 aromatic carbocycles. The fraction of sp³-hybridized carbons (Fsp3) is 0.0909. The molecule has 1 aliphatic rings. The molecular formula is C22H15Cl2FN2O2. The van der Waals surface area contributed by atoms with Crippen LogP contribution in [0.2, 0.25) is 10.0 Å². The van der Waals surface area contributed by atoms with Gasteiger partial charge in [0.2, 0.25) is 5.91 Å². The Morgan fingerprint density at radius 1 is 1.00 bits per heavy atom. The van der Waals surface area contributed by atoms with Gasteiger partial charge in [0.25, 0.3) is 5.91 Å². The fourth-order valence-electron chi connectivity index (χ4n) is 3.46. The number of benzene rings is 3. The highest BCUT2D eigenvalue weighted by atomic mass is 35.5. The molecule has 0 saturated heterocycles. The van der Waals surface area contributed by atoms with Gasteiger partial charge in [-0.2, -0.15) is 0 Å². The predicted octanol–water partition coefficient (Wildman–Crippen LogP) is 5.32. The maximum absolute atomic E-state index is 13.5. The number of carbonyl (C=O) groups excluding carboxylic acids is 2. The molecule has 7 heteroatoms. The van der Waals surface area contributed by atoms with E-state index in [9.17, 15) is 14.0 Å². The molecule has 2 amide bonds. The third-order valence-corrected chi connectivity index (χ3v) is 5.20. The van der Waals surface area contributed by atoms with E-state index in [1.54, 1.807) is 54.6 Å². The minimum atomic E-state index is -0.644. The van der Waals surface area contributed by atoms with Crippen LogP contribution in [0.5, 0.6) is 0 Å². The largest absolute Gasteiger partial charge is 0.324 e. The van der Waals surface area contributed by atoms with Crippen LogP contribution in [-0.4, -0.2) is 23.3 Å². The Hall–Kier alpha value is -2.89. The molecule has 4 nitrogen and oxygen atoms in total. The topological polar surface area (TPSA) is 49.4 Å². The summed E-state index contributed by atoms with van der Waals surface area (Å²) in [7, 11) is 0. The Kier molecular flexibility index (Phi) is 5.26. The van der Waals surface area contributed by atoms with Crippen molar-refractivity contribution in [2.75, 3.05) is 11.9 Å². The molecular weight excluding hydrogens is 414 g/mol. The Bertz CT molecular complexity index is 1100. The Morgan fingerprint density at radius 3 is 2.45 bits per heavy atom. The van der Waals surface area contributed by atoms with Gasteiger partial charge in [0.1, 0.15) is 12.4 Å². The smallest absolute Gasteiger partial charge is 0.255 e. The van der Waals surface area contributed by atoms with Crippen molar-refractivity contribution in [3.8, 4) is 0 Å². The van der Waals surface area contributed by atoms with E-state index in [-0.39, 0.29) is 18.4 Å². The molecule has 3 aromatic rings. The molecule has 4 rings (SSSR count). The summed E-state index contributed by atoms with van der Waals surface area (Å²) in [4.78, 5) is 27.4. The summed E-state index contributed by atoms with van der Waals surface area (Å²) < 4.78 is 13.5. The second-order valence-corrected chi connectivity index (χ2v) is 7.55. The molecule has 29 heavy (non-hydrogen) atoms. The summed E-state index contributed by atoms with van der Waals surface area (Å²) in [5.41, 5.74) is 2.20. The molecule has 1 heterocycles. The number of carbonyl (C=O) groups is 2. The van der Waals surface area contributed by atoms with Crippen molar-refractivity contribution < 1.29 is 14.0 Å². The van der Waals surface area contributed by atoms with Crippen LogP contribution in [0, 0.1) is 5.82 Å². The van der Waals surface area contributed by atoms with E-state index in [4.69, 9.17) is 23.2 Å². The first-order valence-corrected chi connectivity index (χ1v) is 9.59. The molecule has 0 radical (unpaired) electrons. The summed E-state index contributed by atoms with van der Waals surface area (Å²) in [6.07, 6.45) is 0. The molecule has 1 atom stereocenters. The van der Waals surface area contributed by atoms with Crippen molar-refractivity contribution in [1.29, 1.82) is 0 Å². The van der Waals surface area contributed by atoms with E-state index in [1.807, 2.05) is 0 Å². The summed E-state index contributed by atoms with van der Waals surface area (Å²) in [5.74, 6) is -1.10. The van der Waals surface area contributed by atoms with Crippen LogP contribution < -0.4 is 5.32 Å². The summed E-state index contributed by atoms with van der Waals surface area (Å²) >= 11 is 12.3. The van der Waals surface area contributed by atoms with Crippen molar-refractivity contribution in [3.05, 3.63) is 99.3 Å². The highest BCUT2D eigenvalue weighted by Crippen LogP contribution is 2.38. The molecule has 0 unspecified atom stereocenters. The average Bonchev–Trinajstić information content (AvgIpc) is 2.84. The molecule has 0 spiro atoms. The summed E-state index contributed by atoms with van der Waals surface area (Å²) in [6.45, 7) is -0.181. The Morgan fingerprint density at radius 2 is 1.72 bits per heavy atom. The fourth-order valence-corrected chi connectivity index (χ4v) is 3.83. The zero-order valence-corrected chi connectivity index (χ0v) is 16.5. The third kappa shape index (κ3) is 3.97. The number of hydrogen-bond donors (Lipinski definition) is 1. The number of halogens is 3. The normalized spacial score (nSPS) is 16.0. The number of nitrogens with one attached hydrogen (secondary N) is 1. The maximum atomic E-state index is 13.5. The highest BCUT2D eigenvalue weighted by molar-refractivity contribution is 6.31. The zero-order valence-electron chi connectivity index (χ0n) is 15.0. The first kappa shape index (κ1) is 19.4. The van der Waals surface area contributed by atoms with Gasteiger partial charge in [-0.3, -0.25) is 9.59 Å². The van der Waals surface area contributed by atoms with Gasteiger partial charge in [-0.25, -0.2) is 4.39 Å². The van der Waals surface area contributed by atoms with Crippen LogP contribution >= 0.6 is 23.2 Å². The van der Waals surface area contributed by atoms with Gasteiger partial charge >= 0.3 is 0 Å². The predicted molar refractivity (Wildman–Crippen MR) is 111 cm³/mol. The lowest BCUT2D eigenvalue weighted by molar-refractivity contribution is -0.117. The maximum Gasteiger partial charge on any atom is 0.255 e. The van der Waals surface area contributed by atoms with E-state index in [0.717, 1.165) is 0 Å². The van der Waals surface area contributed by atoms with Gasteiger partial charge in [-0.05, 0) is 54.1 Å². The first-order chi connectivity index (χ1) is 13.9. The number of nitrogens with zero attached hydrogens (tertiary/aromatic N) is 1. The lowest BCUT2D eigenvalue weighted by atomic mass is 9.95. The van der Waals surface area contributed by atoms with Gasteiger partial charge in [-0.1, -0.05) is 41.4 Å². The lowest BCUT2D eigenvalue weighted by Gasteiger charge is -2.30. The van der Waals surface area contributed by atoms with Crippen molar-refractivity contribution in [2.45, 2.75) is 6.04 Å². The van der Waals surface area contributed by atoms with Crippen molar-refractivity contribution in [2.24, 2.45) is 0 Å². The van der Waals surface area contributed by atoms with Crippen LogP contribution in [0.1, 0.15) is 27.5 Å². The van der Waals surface area contributed by atoms with E-state index < -0.39 is 11.9 Å². The molecule has 1 N–H and O–H groups in total. The van der Waals surface area contributed by atoms with Crippen LogP contribution in [0.4, 0.5) is 10.1 Å². The minimum absolute atomic E-state index is 0.181. The Balaban J connectivity index is 1.90. The van der Waals surface area contributed by atoms with Gasteiger partial charge in [0.05, 0.1) is 6.04 Å². The number of amides is 2. The molecule has 146 valence electrons. The quantitative estimate of drug-likeness (QED) is 0.600. The molecule has 0 fully saturated rings. The van der Waals surface area contributed by atoms with Gasteiger partial charge in [0.15, 0.2) is 0 Å². The number of anilines is 1. The van der Waals surface area contributed by atoms with Crippen molar-refractivity contribution in [3.63, 3.8) is 0 Å². The van der Waals surface area contributed by atoms with Gasteiger partial charge in [-0.15, -0.1) is 0 Å². The molecule has 0 bridgehead atoms. The van der Waals surface area contributed by atoms with Crippen LogP contribution in [0.15, 0.2) is 66.7 Å². The minimum Gasteiger partial charge on any atom is -0.324 e. The molecule has 0 aromatic heterocycles. The summed E-state index contributed by atoms with van der Waals surface area (Å²) in [5, 5.41) is 3.69. The number of rotatable bonds is 2. The number of fused-ring (bicyclic) bond motifs is 1. The average molecular weight is 429 g/mol. The van der Waals surface area contributed by atoms with Crippen molar-refractivity contribution in [1.82, 2.24) is 4.90 Å². The van der Waals surface area contributed by atoms with E-state index in [2.05, 4.69) is 5.32 Å². The second-order valence-electron chi connectivity index (χ2n) is 6.68.